The number of carbonyl (C=O) groups excluding carboxylic acids is 1. The van der Waals surface area contributed by atoms with Crippen molar-refractivity contribution < 1.29 is 9.53 Å². The van der Waals surface area contributed by atoms with Crippen molar-refractivity contribution in [3.8, 4) is 17.1 Å². The normalized spacial score (nSPS) is 10.4. The average Bonchev–Trinajstić information content (AvgIpc) is 3.03. The summed E-state index contributed by atoms with van der Waals surface area (Å²) in [6.45, 7) is 0. The zero-order valence-electron chi connectivity index (χ0n) is 12.4. The number of rotatable bonds is 5. The molecule has 3 rings (SSSR count). The molecule has 0 aliphatic heterocycles. The third kappa shape index (κ3) is 3.94. The van der Waals surface area contributed by atoms with Crippen LogP contribution in [0.25, 0.3) is 11.4 Å². The highest BCUT2D eigenvalue weighted by Crippen LogP contribution is 2.19. The number of H-pyrrole nitrogens is 1. The van der Waals surface area contributed by atoms with Crippen molar-refractivity contribution in [2.75, 3.05) is 0 Å². The van der Waals surface area contributed by atoms with Crippen LogP contribution < -0.4 is 10.5 Å². The molecule has 0 bridgehead atoms. The molecule has 3 aromatic rings. The monoisotopic (exact) mass is 308 g/mol. The van der Waals surface area contributed by atoms with E-state index in [4.69, 9.17) is 10.5 Å². The van der Waals surface area contributed by atoms with E-state index in [1.807, 2.05) is 18.2 Å². The van der Waals surface area contributed by atoms with Crippen LogP contribution in [0.2, 0.25) is 0 Å². The van der Waals surface area contributed by atoms with Crippen LogP contribution in [0.3, 0.4) is 0 Å². The molecule has 0 saturated carbocycles. The van der Waals surface area contributed by atoms with E-state index in [-0.39, 0.29) is 0 Å². The topological polar surface area (TPSA) is 93.9 Å². The van der Waals surface area contributed by atoms with E-state index in [0.717, 1.165) is 24.2 Å². The van der Waals surface area contributed by atoms with Crippen LogP contribution in [0.1, 0.15) is 11.4 Å². The largest absolute Gasteiger partial charge is 0.411 e. The maximum Gasteiger partial charge on any atom is 0.409 e. The first kappa shape index (κ1) is 14.8. The highest BCUT2D eigenvalue weighted by molar-refractivity contribution is 5.68. The van der Waals surface area contributed by atoms with Crippen LogP contribution in [0.15, 0.2) is 54.6 Å². The molecule has 23 heavy (non-hydrogen) atoms. The second-order valence-electron chi connectivity index (χ2n) is 5.04. The Bertz CT molecular complexity index is 782. The second-order valence-corrected chi connectivity index (χ2v) is 5.04. The van der Waals surface area contributed by atoms with E-state index < -0.39 is 6.09 Å². The summed E-state index contributed by atoms with van der Waals surface area (Å²) in [6.07, 6.45) is 0.861. The summed E-state index contributed by atoms with van der Waals surface area (Å²) in [6, 6.07) is 17.1. The van der Waals surface area contributed by atoms with Gasteiger partial charge in [-0.2, -0.15) is 5.10 Å². The van der Waals surface area contributed by atoms with Crippen LogP contribution in [0, 0.1) is 0 Å². The minimum absolute atomic E-state index is 0.390. The number of aryl methyl sites for hydroxylation is 2. The lowest BCUT2D eigenvalue weighted by Gasteiger charge is -2.00. The summed E-state index contributed by atoms with van der Waals surface area (Å²) in [4.78, 5) is 15.2. The highest BCUT2D eigenvalue weighted by atomic mass is 16.5. The molecule has 0 saturated heterocycles. The van der Waals surface area contributed by atoms with Gasteiger partial charge >= 0.3 is 6.09 Å². The summed E-state index contributed by atoms with van der Waals surface area (Å²) < 4.78 is 4.79. The fourth-order valence-corrected chi connectivity index (χ4v) is 2.23. The van der Waals surface area contributed by atoms with E-state index in [9.17, 15) is 4.79 Å². The molecule has 0 spiro atoms. The van der Waals surface area contributed by atoms with E-state index in [2.05, 4.69) is 27.3 Å². The molecule has 6 nitrogen and oxygen atoms in total. The summed E-state index contributed by atoms with van der Waals surface area (Å²) in [5.41, 5.74) is 7.07. The van der Waals surface area contributed by atoms with Crippen molar-refractivity contribution in [1.29, 1.82) is 0 Å². The molecule has 0 atom stereocenters. The van der Waals surface area contributed by atoms with Gasteiger partial charge in [-0.3, -0.25) is 5.10 Å². The number of benzene rings is 2. The van der Waals surface area contributed by atoms with Crippen molar-refractivity contribution >= 4 is 6.09 Å². The SMILES string of the molecule is NC(=O)Oc1ccc(-c2n[nH]c(CCc3ccccc3)n2)cc1. The van der Waals surface area contributed by atoms with Crippen molar-refractivity contribution in [3.63, 3.8) is 0 Å². The number of nitrogens with one attached hydrogen (secondary N) is 1. The number of hydrogen-bond acceptors (Lipinski definition) is 4. The number of primary amides is 1. The fourth-order valence-electron chi connectivity index (χ4n) is 2.23. The van der Waals surface area contributed by atoms with E-state index >= 15 is 0 Å². The predicted octanol–water partition coefficient (Wildman–Crippen LogP) is 2.71. The minimum atomic E-state index is -0.834. The summed E-state index contributed by atoms with van der Waals surface area (Å²) in [7, 11) is 0. The third-order valence-electron chi connectivity index (χ3n) is 3.36. The molecule has 1 amide bonds. The van der Waals surface area contributed by atoms with Gasteiger partial charge in [-0.25, -0.2) is 9.78 Å². The highest BCUT2D eigenvalue weighted by Gasteiger charge is 2.07. The molecule has 2 aromatic carbocycles. The number of aromatic nitrogens is 3. The number of nitrogens with two attached hydrogens (primary N) is 1. The van der Waals surface area contributed by atoms with Crippen molar-refractivity contribution in [3.05, 3.63) is 66.0 Å². The molecule has 0 aliphatic carbocycles. The first-order valence-electron chi connectivity index (χ1n) is 7.23. The maximum absolute atomic E-state index is 10.7. The number of carbonyl (C=O) groups is 1. The van der Waals surface area contributed by atoms with Gasteiger partial charge in [0.2, 0.25) is 0 Å². The quantitative estimate of drug-likeness (QED) is 0.757. The van der Waals surface area contributed by atoms with Crippen molar-refractivity contribution in [1.82, 2.24) is 15.2 Å². The van der Waals surface area contributed by atoms with E-state index in [1.165, 1.54) is 5.56 Å². The Kier molecular flexibility index (Phi) is 4.33. The number of ether oxygens (including phenoxy) is 1. The Morgan fingerprint density at radius 3 is 2.48 bits per heavy atom. The van der Waals surface area contributed by atoms with Gasteiger partial charge in [-0.05, 0) is 36.2 Å². The van der Waals surface area contributed by atoms with Gasteiger partial charge in [0.05, 0.1) is 0 Å². The van der Waals surface area contributed by atoms with Crippen molar-refractivity contribution in [2.24, 2.45) is 5.73 Å². The average molecular weight is 308 g/mol. The Balaban J connectivity index is 1.65. The maximum atomic E-state index is 10.7. The van der Waals surface area contributed by atoms with Gasteiger partial charge in [0.1, 0.15) is 11.6 Å². The molecule has 0 unspecified atom stereocenters. The van der Waals surface area contributed by atoms with Gasteiger partial charge in [0.15, 0.2) is 5.82 Å². The van der Waals surface area contributed by atoms with Gasteiger partial charge in [-0.1, -0.05) is 30.3 Å². The van der Waals surface area contributed by atoms with Gasteiger partial charge in [0, 0.05) is 12.0 Å². The van der Waals surface area contributed by atoms with E-state index in [1.54, 1.807) is 24.3 Å². The zero-order chi connectivity index (χ0) is 16.1. The zero-order valence-corrected chi connectivity index (χ0v) is 12.4. The molecule has 6 heteroatoms. The molecule has 0 aliphatic rings. The van der Waals surface area contributed by atoms with Crippen LogP contribution >= 0.6 is 0 Å². The predicted molar refractivity (Wildman–Crippen MR) is 85.9 cm³/mol. The number of nitrogens with zero attached hydrogens (tertiary/aromatic N) is 2. The molecular formula is C17H16N4O2. The molecule has 0 fully saturated rings. The van der Waals surface area contributed by atoms with Gasteiger partial charge in [0.25, 0.3) is 0 Å². The third-order valence-corrected chi connectivity index (χ3v) is 3.36. The molecule has 3 N–H and O–H groups in total. The number of aromatic amines is 1. The lowest BCUT2D eigenvalue weighted by molar-refractivity contribution is 0.211. The van der Waals surface area contributed by atoms with Crippen LogP contribution in [0.5, 0.6) is 5.75 Å². The molecule has 1 heterocycles. The summed E-state index contributed by atoms with van der Waals surface area (Å²) in [5.74, 6) is 1.83. The second kappa shape index (κ2) is 6.74. The smallest absolute Gasteiger partial charge is 0.409 e. The van der Waals surface area contributed by atoms with Crippen molar-refractivity contribution in [2.45, 2.75) is 12.8 Å². The Morgan fingerprint density at radius 2 is 1.78 bits per heavy atom. The molecule has 1 aromatic heterocycles. The van der Waals surface area contributed by atoms with Crippen LogP contribution in [0.4, 0.5) is 4.79 Å². The lowest BCUT2D eigenvalue weighted by Crippen LogP contribution is -2.16. The number of amides is 1. The molecular weight excluding hydrogens is 292 g/mol. The Morgan fingerprint density at radius 1 is 1.04 bits per heavy atom. The lowest BCUT2D eigenvalue weighted by atomic mass is 10.1. The summed E-state index contributed by atoms with van der Waals surface area (Å²) in [5, 5.41) is 7.18. The van der Waals surface area contributed by atoms with E-state index in [0.29, 0.717) is 11.6 Å². The fraction of sp³-hybridized carbons (Fsp3) is 0.118. The van der Waals surface area contributed by atoms with Gasteiger partial charge < -0.3 is 10.5 Å². The van der Waals surface area contributed by atoms with Crippen LogP contribution in [-0.4, -0.2) is 21.3 Å². The standard InChI is InChI=1S/C17H16N4O2/c18-17(22)23-14-9-7-13(8-10-14)16-19-15(20-21-16)11-6-12-4-2-1-3-5-12/h1-5,7-10H,6,11H2,(H2,18,22)(H,19,20,21). The van der Waals surface area contributed by atoms with Crippen LogP contribution in [-0.2, 0) is 12.8 Å². The first-order valence-corrected chi connectivity index (χ1v) is 7.23. The number of hydrogen-bond donors (Lipinski definition) is 2. The summed E-state index contributed by atoms with van der Waals surface area (Å²) >= 11 is 0. The Labute approximate surface area is 133 Å². The molecule has 116 valence electrons. The minimum Gasteiger partial charge on any atom is -0.411 e. The first-order chi connectivity index (χ1) is 11.2. The molecule has 0 radical (unpaired) electrons. The van der Waals surface area contributed by atoms with Gasteiger partial charge in [-0.15, -0.1) is 0 Å². The Hall–Kier alpha value is -3.15.